The molecule has 8 nitrogen and oxygen atoms in total. The monoisotopic (exact) mass is 388 g/mol. The van der Waals surface area contributed by atoms with Gasteiger partial charge in [0.05, 0.1) is 31.0 Å². The first-order chi connectivity index (χ1) is 13.1. The second kappa shape index (κ2) is 7.09. The maximum Gasteiger partial charge on any atom is 0.179 e. The summed E-state index contributed by atoms with van der Waals surface area (Å²) in [5.74, 6) is 1.49. The van der Waals surface area contributed by atoms with Gasteiger partial charge in [0, 0.05) is 30.4 Å². The molecule has 0 aromatic carbocycles. The number of H-pyrrole nitrogens is 1. The van der Waals surface area contributed by atoms with Crippen LogP contribution in [0.15, 0.2) is 24.5 Å². The minimum absolute atomic E-state index is 0.207. The van der Waals surface area contributed by atoms with Gasteiger partial charge in [-0.05, 0) is 19.1 Å². The van der Waals surface area contributed by atoms with E-state index in [0.29, 0.717) is 31.4 Å². The highest BCUT2D eigenvalue weighted by Gasteiger charge is 2.29. The summed E-state index contributed by atoms with van der Waals surface area (Å²) >= 11 is 0. The number of ether oxygens (including phenoxy) is 1. The minimum Gasteiger partial charge on any atom is -0.377 e. The van der Waals surface area contributed by atoms with Crippen LogP contribution in [0.2, 0.25) is 0 Å². The number of fused-ring (bicyclic) bond motifs is 1. The molecule has 1 aliphatic heterocycles. The maximum absolute atomic E-state index is 13.6. The summed E-state index contributed by atoms with van der Waals surface area (Å²) in [6.45, 7) is 8.18. The molecule has 0 amide bonds. The Hall–Kier alpha value is -2.18. The van der Waals surface area contributed by atoms with E-state index in [9.17, 15) is 4.57 Å². The molecule has 0 unspecified atom stereocenters. The van der Waals surface area contributed by atoms with Crippen molar-refractivity contribution in [2.45, 2.75) is 26.8 Å². The van der Waals surface area contributed by atoms with Crippen molar-refractivity contribution in [3.63, 3.8) is 0 Å². The van der Waals surface area contributed by atoms with E-state index in [0.717, 1.165) is 28.9 Å². The summed E-state index contributed by atoms with van der Waals surface area (Å²) in [5.41, 5.74) is 1.58. The average molecular weight is 388 g/mol. The van der Waals surface area contributed by atoms with E-state index < -0.39 is 7.14 Å². The van der Waals surface area contributed by atoms with Gasteiger partial charge in [-0.25, -0.2) is 9.50 Å². The third-order valence-electron chi connectivity index (χ3n) is 5.33. The zero-order valence-corrected chi connectivity index (χ0v) is 16.8. The predicted octanol–water partition coefficient (Wildman–Crippen LogP) is 2.37. The first-order valence-corrected chi connectivity index (χ1v) is 11.5. The molecular weight excluding hydrogens is 363 g/mol. The molecule has 0 aliphatic carbocycles. The Morgan fingerprint density at radius 2 is 2.19 bits per heavy atom. The molecule has 1 N–H and O–H groups in total. The molecule has 4 heterocycles. The lowest BCUT2D eigenvalue weighted by atomic mass is 10.2. The molecule has 1 atom stereocenters. The van der Waals surface area contributed by atoms with Crippen molar-refractivity contribution in [1.82, 2.24) is 24.8 Å². The van der Waals surface area contributed by atoms with Crippen LogP contribution in [0, 0.1) is 0 Å². The topological polar surface area (TPSA) is 88.4 Å². The molecule has 1 fully saturated rings. The number of nitrogens with one attached hydrogen (secondary N) is 1. The van der Waals surface area contributed by atoms with Gasteiger partial charge in [0.25, 0.3) is 0 Å². The van der Waals surface area contributed by atoms with Gasteiger partial charge in [-0.2, -0.15) is 5.10 Å². The number of anilines is 1. The number of morpholine rings is 1. The second-order valence-electron chi connectivity index (χ2n) is 6.88. The van der Waals surface area contributed by atoms with Gasteiger partial charge in [-0.3, -0.25) is 5.10 Å². The number of aromatic amines is 1. The fraction of sp³-hybridized carbons (Fsp3) is 0.500. The van der Waals surface area contributed by atoms with E-state index in [2.05, 4.69) is 27.0 Å². The Morgan fingerprint density at radius 3 is 2.85 bits per heavy atom. The molecule has 0 radical (unpaired) electrons. The SMILES string of the molecule is CCP(=O)(CC)c1cc(N2CCOC[C@H]2C)nn2c(-c3ccn[nH]3)ncc12. The Kier molecular flexibility index (Phi) is 4.78. The maximum atomic E-state index is 13.6. The molecule has 9 heteroatoms. The van der Waals surface area contributed by atoms with E-state index >= 15 is 0 Å². The quantitative estimate of drug-likeness (QED) is 0.675. The Labute approximate surface area is 158 Å². The van der Waals surface area contributed by atoms with E-state index in [-0.39, 0.29) is 6.04 Å². The van der Waals surface area contributed by atoms with Crippen LogP contribution in [-0.4, -0.2) is 62.9 Å². The molecule has 0 spiro atoms. The van der Waals surface area contributed by atoms with Gasteiger partial charge in [-0.1, -0.05) is 13.8 Å². The standard InChI is InChI=1S/C18H25N6O2P/c1-4-27(25,5-2)16-10-17(23-8-9-26-12-13(23)3)22-24-15(16)11-19-18(24)14-6-7-20-21-14/h6-7,10-11,13H,4-5,8-9,12H2,1-3H3,(H,20,21)/t13-/m1/s1. The number of rotatable bonds is 5. The lowest BCUT2D eigenvalue weighted by molar-refractivity contribution is 0.0984. The van der Waals surface area contributed by atoms with E-state index in [1.54, 1.807) is 16.9 Å². The summed E-state index contributed by atoms with van der Waals surface area (Å²) < 4.78 is 21.0. The summed E-state index contributed by atoms with van der Waals surface area (Å²) in [4.78, 5) is 6.77. The zero-order chi connectivity index (χ0) is 19.0. The summed E-state index contributed by atoms with van der Waals surface area (Å²) in [6, 6.07) is 4.07. The predicted molar refractivity (Wildman–Crippen MR) is 107 cm³/mol. The van der Waals surface area contributed by atoms with Crippen molar-refractivity contribution in [2.24, 2.45) is 0 Å². The van der Waals surface area contributed by atoms with Crippen molar-refractivity contribution in [3.05, 3.63) is 24.5 Å². The zero-order valence-electron chi connectivity index (χ0n) is 15.9. The molecule has 0 saturated carbocycles. The fourth-order valence-corrected chi connectivity index (χ4v) is 5.66. The number of hydrogen-bond donors (Lipinski definition) is 1. The Morgan fingerprint density at radius 1 is 1.37 bits per heavy atom. The number of imidazole rings is 1. The van der Waals surface area contributed by atoms with E-state index in [4.69, 9.17) is 9.84 Å². The summed E-state index contributed by atoms with van der Waals surface area (Å²) in [7, 11) is -2.52. The van der Waals surface area contributed by atoms with Gasteiger partial charge in [0.15, 0.2) is 11.6 Å². The fourth-order valence-electron chi connectivity index (χ4n) is 3.61. The highest BCUT2D eigenvalue weighted by molar-refractivity contribution is 7.72. The third kappa shape index (κ3) is 3.07. The molecule has 3 aromatic rings. The van der Waals surface area contributed by atoms with Gasteiger partial charge in [-0.15, -0.1) is 5.10 Å². The molecule has 144 valence electrons. The van der Waals surface area contributed by atoms with Crippen molar-refractivity contribution in [1.29, 1.82) is 0 Å². The van der Waals surface area contributed by atoms with Crippen LogP contribution in [0.4, 0.5) is 5.82 Å². The first kappa shape index (κ1) is 18.2. The van der Waals surface area contributed by atoms with Gasteiger partial charge < -0.3 is 14.2 Å². The third-order valence-corrected chi connectivity index (χ3v) is 8.61. The molecule has 4 rings (SSSR count). The van der Waals surface area contributed by atoms with E-state index in [1.165, 1.54) is 0 Å². The largest absolute Gasteiger partial charge is 0.377 e. The van der Waals surface area contributed by atoms with Crippen molar-refractivity contribution < 1.29 is 9.30 Å². The molecule has 1 aliphatic rings. The number of nitrogens with zero attached hydrogens (tertiary/aromatic N) is 5. The van der Waals surface area contributed by atoms with Gasteiger partial charge in [0.1, 0.15) is 12.8 Å². The smallest absolute Gasteiger partial charge is 0.179 e. The number of aromatic nitrogens is 5. The molecule has 3 aromatic heterocycles. The van der Waals surface area contributed by atoms with Crippen LogP contribution in [0.1, 0.15) is 20.8 Å². The van der Waals surface area contributed by atoms with Crippen LogP contribution in [0.25, 0.3) is 17.0 Å². The van der Waals surface area contributed by atoms with Crippen molar-refractivity contribution >= 4 is 23.8 Å². The van der Waals surface area contributed by atoms with Gasteiger partial charge in [0.2, 0.25) is 0 Å². The Bertz CT molecular complexity index is 975. The second-order valence-corrected chi connectivity index (χ2v) is 10.4. The van der Waals surface area contributed by atoms with Crippen molar-refractivity contribution in [2.75, 3.05) is 37.0 Å². The first-order valence-electron chi connectivity index (χ1n) is 9.39. The van der Waals surface area contributed by atoms with Gasteiger partial charge >= 0.3 is 0 Å². The lowest BCUT2D eigenvalue weighted by Crippen LogP contribution is -2.44. The Balaban J connectivity index is 1.96. The minimum atomic E-state index is -2.52. The lowest BCUT2D eigenvalue weighted by Gasteiger charge is -2.34. The van der Waals surface area contributed by atoms with E-state index in [1.807, 2.05) is 26.0 Å². The average Bonchev–Trinajstić information content (AvgIpc) is 3.36. The van der Waals surface area contributed by atoms with Crippen molar-refractivity contribution in [3.8, 4) is 11.5 Å². The van der Waals surface area contributed by atoms with Crippen LogP contribution in [0.3, 0.4) is 0 Å². The normalized spacial score (nSPS) is 18.3. The molecule has 1 saturated heterocycles. The highest BCUT2D eigenvalue weighted by Crippen LogP contribution is 2.45. The summed E-state index contributed by atoms with van der Waals surface area (Å²) in [6.07, 6.45) is 4.69. The summed E-state index contributed by atoms with van der Waals surface area (Å²) in [5, 5.41) is 12.7. The van der Waals surface area contributed by atoms with Crippen LogP contribution in [-0.2, 0) is 9.30 Å². The molecular formula is C18H25N6O2P. The molecule has 27 heavy (non-hydrogen) atoms. The van der Waals surface area contributed by atoms with Crippen LogP contribution in [0.5, 0.6) is 0 Å². The van der Waals surface area contributed by atoms with Crippen LogP contribution < -0.4 is 10.2 Å². The molecule has 0 bridgehead atoms. The number of hydrogen-bond acceptors (Lipinski definition) is 6. The highest BCUT2D eigenvalue weighted by atomic mass is 31.2. The van der Waals surface area contributed by atoms with Crippen LogP contribution >= 0.6 is 7.14 Å².